The van der Waals surface area contributed by atoms with Crippen molar-refractivity contribution in [3.63, 3.8) is 0 Å². The number of aromatic nitrogens is 3. The van der Waals surface area contributed by atoms with E-state index in [0.29, 0.717) is 17.5 Å². The average Bonchev–Trinajstić information content (AvgIpc) is 3.72. The highest BCUT2D eigenvalue weighted by atomic mass is 35.5. The zero-order valence-electron chi connectivity index (χ0n) is 22.6. The lowest BCUT2D eigenvalue weighted by atomic mass is 10.2. The fraction of sp³-hybridized carbons (Fsp3) is 0.346. The summed E-state index contributed by atoms with van der Waals surface area (Å²) in [6.07, 6.45) is 1.93. The van der Waals surface area contributed by atoms with Crippen LogP contribution in [0.1, 0.15) is 54.3 Å². The van der Waals surface area contributed by atoms with Crippen molar-refractivity contribution in [1.82, 2.24) is 25.0 Å². The number of hydrogen-bond donors (Lipinski definition) is 4. The number of para-hydroxylation sites is 1. The molecular weight excluding hydrogens is 558 g/mol. The van der Waals surface area contributed by atoms with E-state index in [1.807, 2.05) is 25.5 Å². The van der Waals surface area contributed by atoms with E-state index in [2.05, 4.69) is 30.9 Å². The van der Waals surface area contributed by atoms with Crippen LogP contribution in [0.3, 0.4) is 0 Å². The van der Waals surface area contributed by atoms with E-state index < -0.39 is 15.9 Å². The van der Waals surface area contributed by atoms with Crippen LogP contribution in [0, 0.1) is 0 Å². The molecular formula is C26H32ClN7O5S. The number of sulfonamides is 1. The molecule has 1 saturated carbocycles. The summed E-state index contributed by atoms with van der Waals surface area (Å²) in [5.41, 5.74) is 0.478. The molecule has 4 N–H and O–H groups in total. The van der Waals surface area contributed by atoms with Crippen LogP contribution >= 0.6 is 11.6 Å². The maximum absolute atomic E-state index is 12.4. The highest BCUT2D eigenvalue weighted by Crippen LogP contribution is 2.20. The number of ether oxygens (including phenoxy) is 1. The van der Waals surface area contributed by atoms with Crippen molar-refractivity contribution in [1.29, 1.82) is 0 Å². The van der Waals surface area contributed by atoms with Gasteiger partial charge in [0.25, 0.3) is 21.8 Å². The summed E-state index contributed by atoms with van der Waals surface area (Å²) in [4.78, 5) is 36.1. The van der Waals surface area contributed by atoms with Crippen molar-refractivity contribution >= 4 is 45.3 Å². The van der Waals surface area contributed by atoms with E-state index in [1.165, 1.54) is 37.4 Å². The minimum Gasteiger partial charge on any atom is -0.496 e. The van der Waals surface area contributed by atoms with Gasteiger partial charge in [0.2, 0.25) is 17.2 Å². The molecule has 3 aromatic rings. The fourth-order valence-electron chi connectivity index (χ4n) is 3.26. The number of carbonyl (C=O) groups is 2. The molecule has 1 aromatic heterocycles. The summed E-state index contributed by atoms with van der Waals surface area (Å²) in [5.74, 6) is 0.228. The topological polar surface area (TPSA) is 164 Å². The van der Waals surface area contributed by atoms with Gasteiger partial charge in [0.05, 0.1) is 17.6 Å². The molecule has 0 bridgehead atoms. The quantitative estimate of drug-likeness (QED) is 0.275. The molecule has 14 heteroatoms. The van der Waals surface area contributed by atoms with Crippen molar-refractivity contribution in [2.75, 3.05) is 24.3 Å². The average molecular weight is 590 g/mol. The van der Waals surface area contributed by atoms with Crippen molar-refractivity contribution < 1.29 is 22.7 Å². The third-order valence-corrected chi connectivity index (χ3v) is 6.79. The van der Waals surface area contributed by atoms with Crippen LogP contribution in [0.25, 0.3) is 0 Å². The van der Waals surface area contributed by atoms with Crippen LogP contribution in [-0.4, -0.2) is 60.9 Å². The van der Waals surface area contributed by atoms with Gasteiger partial charge >= 0.3 is 0 Å². The Morgan fingerprint density at radius 3 is 2.25 bits per heavy atom. The Kier molecular flexibility index (Phi) is 10.6. The molecule has 0 unspecified atom stereocenters. The molecule has 12 nitrogen and oxygen atoms in total. The number of rotatable bonds is 10. The van der Waals surface area contributed by atoms with Gasteiger partial charge in [0, 0.05) is 24.2 Å². The molecule has 0 aliphatic heterocycles. The van der Waals surface area contributed by atoms with Crippen LogP contribution in [0.4, 0.5) is 11.9 Å². The smallest absolute Gasteiger partial charge is 0.268 e. The Morgan fingerprint density at radius 1 is 1.00 bits per heavy atom. The van der Waals surface area contributed by atoms with E-state index in [9.17, 15) is 18.0 Å². The maximum Gasteiger partial charge on any atom is 0.268 e. The summed E-state index contributed by atoms with van der Waals surface area (Å²) in [5, 5.41) is 9.05. The molecule has 2 amide bonds. The normalized spacial score (nSPS) is 12.6. The van der Waals surface area contributed by atoms with Gasteiger partial charge in [-0.15, -0.1) is 0 Å². The maximum atomic E-state index is 12.4. The first-order valence-corrected chi connectivity index (χ1v) is 14.4. The summed E-state index contributed by atoms with van der Waals surface area (Å²) in [6.45, 7) is 6.73. The predicted molar refractivity (Wildman–Crippen MR) is 152 cm³/mol. The number of nitrogens with zero attached hydrogens (tertiary/aromatic N) is 3. The first-order chi connectivity index (χ1) is 19.0. The molecule has 214 valence electrons. The zero-order chi connectivity index (χ0) is 29.3. The van der Waals surface area contributed by atoms with Crippen LogP contribution in [-0.2, 0) is 10.0 Å². The molecule has 0 radical (unpaired) electrons. The number of halogens is 1. The van der Waals surface area contributed by atoms with Crippen molar-refractivity contribution in [2.45, 2.75) is 50.6 Å². The summed E-state index contributed by atoms with van der Waals surface area (Å²) in [6, 6.07) is 12.2. The van der Waals surface area contributed by atoms with Crippen LogP contribution in [0.5, 0.6) is 5.75 Å². The third-order valence-electron chi connectivity index (χ3n) is 5.28. The Hall–Kier alpha value is -3.97. The van der Waals surface area contributed by atoms with Crippen molar-refractivity contribution in [2.24, 2.45) is 0 Å². The largest absolute Gasteiger partial charge is 0.496 e. The Morgan fingerprint density at radius 2 is 1.65 bits per heavy atom. The summed E-state index contributed by atoms with van der Waals surface area (Å²) in [7, 11) is -2.68. The van der Waals surface area contributed by atoms with Gasteiger partial charge in [0.1, 0.15) is 5.75 Å². The van der Waals surface area contributed by atoms with Gasteiger partial charge in [-0.25, -0.2) is 13.1 Å². The SMILES string of the molecule is CCNc1nc(Cl)nc(NC(C)C)n1.COc1ccccc1C(=O)NS(=O)(=O)c1ccc(C(=O)NC2CC2)cc1. The fourth-order valence-corrected chi connectivity index (χ4v) is 4.39. The van der Waals surface area contributed by atoms with Gasteiger partial charge in [-0.1, -0.05) is 12.1 Å². The zero-order valence-corrected chi connectivity index (χ0v) is 24.1. The lowest BCUT2D eigenvalue weighted by Crippen LogP contribution is -2.31. The standard InChI is InChI=1S/C18H18N2O5S.C8H14ClN5/c1-25-16-5-3-2-4-15(16)18(22)20-26(23,24)14-10-6-12(7-11-14)17(21)19-13-8-9-13;1-4-10-7-12-6(9)13-8(14-7)11-5(2)3/h2-7,10-11,13H,8-9H2,1H3,(H,19,21)(H,20,22);5H,4H2,1-3H3,(H2,10,11,12,13,14). The monoisotopic (exact) mass is 589 g/mol. The number of amides is 2. The molecule has 40 heavy (non-hydrogen) atoms. The second-order valence-electron chi connectivity index (χ2n) is 8.99. The van der Waals surface area contributed by atoms with Gasteiger partial charge in [0.15, 0.2) is 0 Å². The van der Waals surface area contributed by atoms with Crippen molar-refractivity contribution in [3.05, 3.63) is 64.9 Å². The van der Waals surface area contributed by atoms with E-state index in [4.69, 9.17) is 16.3 Å². The molecule has 1 aliphatic carbocycles. The molecule has 0 saturated heterocycles. The predicted octanol–water partition coefficient (Wildman–Crippen LogP) is 3.48. The number of hydrogen-bond acceptors (Lipinski definition) is 10. The van der Waals surface area contributed by atoms with E-state index in [-0.39, 0.29) is 39.5 Å². The highest BCUT2D eigenvalue weighted by molar-refractivity contribution is 7.90. The van der Waals surface area contributed by atoms with Gasteiger partial charge in [-0.05, 0) is 81.6 Å². The van der Waals surface area contributed by atoms with Crippen LogP contribution < -0.4 is 25.4 Å². The minimum absolute atomic E-state index is 0.108. The van der Waals surface area contributed by atoms with E-state index >= 15 is 0 Å². The Labute approximate surface area is 238 Å². The summed E-state index contributed by atoms with van der Waals surface area (Å²) < 4.78 is 31.9. The van der Waals surface area contributed by atoms with E-state index in [0.717, 1.165) is 19.4 Å². The Bertz CT molecular complexity index is 1430. The number of methoxy groups -OCH3 is 1. The van der Waals surface area contributed by atoms with Gasteiger partial charge < -0.3 is 20.7 Å². The third kappa shape index (κ3) is 9.06. The molecule has 1 heterocycles. The summed E-state index contributed by atoms with van der Waals surface area (Å²) >= 11 is 5.73. The van der Waals surface area contributed by atoms with E-state index in [1.54, 1.807) is 18.2 Å². The molecule has 0 atom stereocenters. The molecule has 1 aliphatic rings. The highest BCUT2D eigenvalue weighted by Gasteiger charge is 2.25. The first kappa shape index (κ1) is 30.6. The van der Waals surface area contributed by atoms with Gasteiger partial charge in [-0.2, -0.15) is 15.0 Å². The number of anilines is 2. The molecule has 0 spiro atoms. The molecule has 2 aromatic carbocycles. The lowest BCUT2D eigenvalue weighted by Gasteiger charge is -2.10. The molecule has 1 fully saturated rings. The minimum atomic E-state index is -4.07. The molecule has 4 rings (SSSR count). The van der Waals surface area contributed by atoms with Crippen molar-refractivity contribution in [3.8, 4) is 5.75 Å². The van der Waals surface area contributed by atoms with Crippen LogP contribution in [0.15, 0.2) is 53.4 Å². The second-order valence-corrected chi connectivity index (χ2v) is 11.0. The van der Waals surface area contributed by atoms with Crippen LogP contribution in [0.2, 0.25) is 5.28 Å². The number of carbonyl (C=O) groups excluding carboxylic acids is 2. The first-order valence-electron chi connectivity index (χ1n) is 12.6. The lowest BCUT2D eigenvalue weighted by molar-refractivity contribution is 0.0948. The van der Waals surface area contributed by atoms with Gasteiger partial charge in [-0.3, -0.25) is 9.59 Å². The second kappa shape index (κ2) is 13.9. The Balaban J connectivity index is 0.000000267. The number of benzene rings is 2. The number of nitrogens with one attached hydrogen (secondary N) is 4.